The standard InChI is InChI=1S/C17H17N3O/c1-12-10-16(21-9-8-18)20-17(19-12)15-7-6-13-4-2-3-5-14(13)11-15/h2-7,10-11H,8-9,18H2,1H3. The minimum Gasteiger partial charge on any atom is -0.476 e. The van der Waals surface area contributed by atoms with Crippen molar-refractivity contribution in [2.24, 2.45) is 5.73 Å². The summed E-state index contributed by atoms with van der Waals surface area (Å²) < 4.78 is 5.51. The third kappa shape index (κ3) is 3.01. The lowest BCUT2D eigenvalue weighted by Gasteiger charge is -2.08. The molecule has 21 heavy (non-hydrogen) atoms. The van der Waals surface area contributed by atoms with Crippen LogP contribution in [0.1, 0.15) is 5.69 Å². The molecule has 0 unspecified atom stereocenters. The first-order valence-corrected chi connectivity index (χ1v) is 6.94. The minimum atomic E-state index is 0.452. The van der Waals surface area contributed by atoms with Crippen molar-refractivity contribution in [1.82, 2.24) is 9.97 Å². The second-order valence-electron chi connectivity index (χ2n) is 4.87. The summed E-state index contributed by atoms with van der Waals surface area (Å²) in [7, 11) is 0. The van der Waals surface area contributed by atoms with E-state index in [1.165, 1.54) is 10.8 Å². The monoisotopic (exact) mass is 279 g/mol. The fraction of sp³-hybridized carbons (Fsp3) is 0.176. The van der Waals surface area contributed by atoms with Gasteiger partial charge in [-0.15, -0.1) is 0 Å². The van der Waals surface area contributed by atoms with Crippen molar-refractivity contribution in [3.05, 3.63) is 54.2 Å². The average Bonchev–Trinajstić information content (AvgIpc) is 2.52. The molecule has 4 nitrogen and oxygen atoms in total. The van der Waals surface area contributed by atoms with Crippen molar-refractivity contribution in [2.75, 3.05) is 13.2 Å². The van der Waals surface area contributed by atoms with Crippen LogP contribution in [0.15, 0.2) is 48.5 Å². The molecule has 0 fully saturated rings. The lowest BCUT2D eigenvalue weighted by atomic mass is 10.1. The topological polar surface area (TPSA) is 61.0 Å². The fourth-order valence-corrected chi connectivity index (χ4v) is 2.23. The van der Waals surface area contributed by atoms with Crippen LogP contribution >= 0.6 is 0 Å². The number of nitrogens with two attached hydrogens (primary N) is 1. The lowest BCUT2D eigenvalue weighted by Crippen LogP contribution is -2.11. The molecule has 0 saturated carbocycles. The van der Waals surface area contributed by atoms with Gasteiger partial charge in [0.1, 0.15) is 6.61 Å². The van der Waals surface area contributed by atoms with Gasteiger partial charge < -0.3 is 10.5 Å². The second-order valence-corrected chi connectivity index (χ2v) is 4.87. The maximum atomic E-state index is 5.51. The van der Waals surface area contributed by atoms with Gasteiger partial charge in [0.05, 0.1) is 0 Å². The summed E-state index contributed by atoms with van der Waals surface area (Å²) in [4.78, 5) is 8.96. The van der Waals surface area contributed by atoms with E-state index in [4.69, 9.17) is 10.5 Å². The molecular weight excluding hydrogens is 262 g/mol. The molecule has 0 bridgehead atoms. The Hall–Kier alpha value is -2.46. The van der Waals surface area contributed by atoms with Crippen molar-refractivity contribution < 1.29 is 4.74 Å². The third-order valence-electron chi connectivity index (χ3n) is 3.21. The van der Waals surface area contributed by atoms with E-state index in [0.717, 1.165) is 11.3 Å². The normalized spacial score (nSPS) is 10.8. The molecular formula is C17H17N3O. The van der Waals surface area contributed by atoms with Gasteiger partial charge in [-0.25, -0.2) is 4.98 Å². The number of ether oxygens (including phenoxy) is 1. The Balaban J connectivity index is 2.02. The van der Waals surface area contributed by atoms with Gasteiger partial charge in [-0.05, 0) is 23.8 Å². The number of aryl methyl sites for hydroxylation is 1. The molecule has 0 radical (unpaired) electrons. The summed E-state index contributed by atoms with van der Waals surface area (Å²) in [6, 6.07) is 16.3. The van der Waals surface area contributed by atoms with Crippen LogP contribution in [0.25, 0.3) is 22.2 Å². The summed E-state index contributed by atoms with van der Waals surface area (Å²) in [5.41, 5.74) is 7.31. The van der Waals surface area contributed by atoms with Gasteiger partial charge in [0.25, 0.3) is 0 Å². The van der Waals surface area contributed by atoms with Crippen molar-refractivity contribution in [2.45, 2.75) is 6.92 Å². The Morgan fingerprint density at radius 1 is 1.00 bits per heavy atom. The summed E-state index contributed by atoms with van der Waals surface area (Å²) in [5.74, 6) is 1.24. The summed E-state index contributed by atoms with van der Waals surface area (Å²) >= 11 is 0. The number of rotatable bonds is 4. The largest absolute Gasteiger partial charge is 0.476 e. The first kappa shape index (κ1) is 13.5. The molecule has 106 valence electrons. The van der Waals surface area contributed by atoms with E-state index in [1.807, 2.05) is 31.2 Å². The molecule has 0 atom stereocenters. The molecule has 0 spiro atoms. The Morgan fingerprint density at radius 3 is 2.62 bits per heavy atom. The minimum absolute atomic E-state index is 0.452. The van der Waals surface area contributed by atoms with Crippen LogP contribution in [0, 0.1) is 6.92 Å². The Morgan fingerprint density at radius 2 is 1.81 bits per heavy atom. The average molecular weight is 279 g/mol. The third-order valence-corrected chi connectivity index (χ3v) is 3.21. The first-order valence-electron chi connectivity index (χ1n) is 6.94. The highest BCUT2D eigenvalue weighted by Gasteiger charge is 2.06. The van der Waals surface area contributed by atoms with Crippen molar-refractivity contribution in [3.63, 3.8) is 0 Å². The molecule has 1 aromatic heterocycles. The molecule has 3 rings (SSSR count). The van der Waals surface area contributed by atoms with E-state index in [9.17, 15) is 0 Å². The number of benzene rings is 2. The highest BCUT2D eigenvalue weighted by molar-refractivity contribution is 5.86. The van der Waals surface area contributed by atoms with E-state index in [2.05, 4.69) is 34.2 Å². The molecule has 0 aliphatic carbocycles. The quantitative estimate of drug-likeness (QED) is 0.797. The number of nitrogens with zero attached hydrogens (tertiary/aromatic N) is 2. The second kappa shape index (κ2) is 5.89. The predicted molar refractivity (Wildman–Crippen MR) is 84.3 cm³/mol. The van der Waals surface area contributed by atoms with Gasteiger partial charge in [0, 0.05) is 23.9 Å². The van der Waals surface area contributed by atoms with E-state index in [-0.39, 0.29) is 0 Å². The number of hydrogen-bond acceptors (Lipinski definition) is 4. The smallest absolute Gasteiger partial charge is 0.217 e. The summed E-state index contributed by atoms with van der Waals surface area (Å²) in [5, 5.41) is 2.37. The Bertz CT molecular complexity index is 771. The Labute approximate surface area is 123 Å². The maximum absolute atomic E-state index is 5.51. The van der Waals surface area contributed by atoms with E-state index >= 15 is 0 Å². The van der Waals surface area contributed by atoms with E-state index in [0.29, 0.717) is 24.9 Å². The van der Waals surface area contributed by atoms with Crippen molar-refractivity contribution >= 4 is 10.8 Å². The van der Waals surface area contributed by atoms with Gasteiger partial charge in [-0.2, -0.15) is 4.98 Å². The molecule has 0 aliphatic heterocycles. The SMILES string of the molecule is Cc1cc(OCCN)nc(-c2ccc3ccccc3c2)n1. The number of aromatic nitrogens is 2. The highest BCUT2D eigenvalue weighted by atomic mass is 16.5. The molecule has 0 aliphatic rings. The highest BCUT2D eigenvalue weighted by Crippen LogP contribution is 2.23. The van der Waals surface area contributed by atoms with Crippen LogP contribution in [0.4, 0.5) is 0 Å². The zero-order valence-corrected chi connectivity index (χ0v) is 11.9. The molecule has 3 aromatic rings. The van der Waals surface area contributed by atoms with Crippen molar-refractivity contribution in [1.29, 1.82) is 0 Å². The van der Waals surface area contributed by atoms with Gasteiger partial charge in [-0.1, -0.05) is 36.4 Å². The van der Waals surface area contributed by atoms with E-state index < -0.39 is 0 Å². The lowest BCUT2D eigenvalue weighted by molar-refractivity contribution is 0.315. The van der Waals surface area contributed by atoms with Crippen molar-refractivity contribution in [3.8, 4) is 17.3 Å². The van der Waals surface area contributed by atoms with Gasteiger partial charge in [-0.3, -0.25) is 0 Å². The molecule has 1 heterocycles. The summed E-state index contributed by atoms with van der Waals surface area (Å²) in [6.07, 6.45) is 0. The maximum Gasteiger partial charge on any atom is 0.217 e. The Kier molecular flexibility index (Phi) is 3.79. The number of fused-ring (bicyclic) bond motifs is 1. The van der Waals surface area contributed by atoms with Crippen LogP contribution in [0.3, 0.4) is 0 Å². The van der Waals surface area contributed by atoms with Crippen LogP contribution < -0.4 is 10.5 Å². The fourth-order valence-electron chi connectivity index (χ4n) is 2.23. The first-order chi connectivity index (χ1) is 10.3. The van der Waals surface area contributed by atoms with Crippen LogP contribution in [-0.2, 0) is 0 Å². The van der Waals surface area contributed by atoms with Crippen LogP contribution in [0.2, 0.25) is 0 Å². The van der Waals surface area contributed by atoms with Gasteiger partial charge >= 0.3 is 0 Å². The van der Waals surface area contributed by atoms with Gasteiger partial charge in [0.2, 0.25) is 5.88 Å². The molecule has 2 N–H and O–H groups in total. The van der Waals surface area contributed by atoms with Gasteiger partial charge in [0.15, 0.2) is 5.82 Å². The van der Waals surface area contributed by atoms with Crippen LogP contribution in [-0.4, -0.2) is 23.1 Å². The summed E-state index contributed by atoms with van der Waals surface area (Å²) in [6.45, 7) is 2.85. The number of hydrogen-bond donors (Lipinski definition) is 1. The molecule has 0 amide bonds. The molecule has 0 saturated heterocycles. The van der Waals surface area contributed by atoms with Crippen LogP contribution in [0.5, 0.6) is 5.88 Å². The zero-order chi connectivity index (χ0) is 14.7. The molecule has 2 aromatic carbocycles. The predicted octanol–water partition coefficient (Wildman–Crippen LogP) is 2.94. The molecule has 4 heteroatoms. The van der Waals surface area contributed by atoms with E-state index in [1.54, 1.807) is 0 Å². The zero-order valence-electron chi connectivity index (χ0n) is 11.9.